The molecule has 0 aliphatic carbocycles. The van der Waals surface area contributed by atoms with Crippen LogP contribution in [-0.2, 0) is 0 Å². The highest BCUT2D eigenvalue weighted by Gasteiger charge is 2.18. The lowest BCUT2D eigenvalue weighted by Crippen LogP contribution is -1.92. The predicted molar refractivity (Wildman–Crippen MR) is 186 cm³/mol. The molecule has 4 nitrogen and oxygen atoms in total. The van der Waals surface area contributed by atoms with E-state index in [1.165, 1.54) is 67.4 Å². The zero-order valence-electron chi connectivity index (χ0n) is 24.7. The fraction of sp³-hybridized carbons (Fsp3) is 0. The summed E-state index contributed by atoms with van der Waals surface area (Å²) in [6.07, 6.45) is 6.29. The lowest BCUT2D eigenvalue weighted by molar-refractivity contribution is 0.558. The molecule has 0 bridgehead atoms. The van der Waals surface area contributed by atoms with Crippen LogP contribution in [0.3, 0.4) is 0 Å². The minimum atomic E-state index is 0.823. The molecule has 0 aliphatic rings. The highest BCUT2D eigenvalue weighted by Crippen LogP contribution is 2.45. The van der Waals surface area contributed by atoms with E-state index in [0.29, 0.717) is 0 Å². The molecular formula is C42H26N2O2. The quantitative estimate of drug-likeness (QED) is 0.187. The van der Waals surface area contributed by atoms with Gasteiger partial charge in [-0.3, -0.25) is 0 Å². The predicted octanol–water partition coefficient (Wildman–Crippen LogP) is 11.5. The van der Waals surface area contributed by atoms with Gasteiger partial charge >= 0.3 is 0 Å². The molecule has 7 aromatic carbocycles. The van der Waals surface area contributed by atoms with Crippen molar-refractivity contribution in [1.29, 1.82) is 0 Å². The molecule has 0 aliphatic heterocycles. The molecule has 0 saturated heterocycles. The van der Waals surface area contributed by atoms with Gasteiger partial charge in [-0.15, -0.1) is 0 Å². The van der Waals surface area contributed by atoms with Gasteiger partial charge in [0.1, 0.15) is 23.9 Å². The molecule has 0 atom stereocenters. The molecule has 2 aromatic heterocycles. The fourth-order valence-corrected chi connectivity index (χ4v) is 6.77. The third-order valence-electron chi connectivity index (χ3n) is 8.93. The smallest absolute Gasteiger partial charge is 0.181 e. The lowest BCUT2D eigenvalue weighted by Gasteiger charge is -2.19. The van der Waals surface area contributed by atoms with E-state index < -0.39 is 0 Å². The van der Waals surface area contributed by atoms with Crippen molar-refractivity contribution in [2.24, 2.45) is 0 Å². The van der Waals surface area contributed by atoms with Gasteiger partial charge in [0.2, 0.25) is 0 Å². The van der Waals surface area contributed by atoms with Crippen molar-refractivity contribution in [1.82, 2.24) is 9.97 Å². The monoisotopic (exact) mass is 590 g/mol. The third kappa shape index (κ3) is 4.31. The van der Waals surface area contributed by atoms with Crippen molar-refractivity contribution in [2.45, 2.75) is 0 Å². The zero-order chi connectivity index (χ0) is 30.5. The van der Waals surface area contributed by atoms with Gasteiger partial charge in [-0.1, -0.05) is 127 Å². The van der Waals surface area contributed by atoms with Crippen LogP contribution in [0.15, 0.2) is 168 Å². The topological polar surface area (TPSA) is 52.1 Å². The van der Waals surface area contributed by atoms with Gasteiger partial charge in [-0.2, -0.15) is 0 Å². The van der Waals surface area contributed by atoms with Gasteiger partial charge < -0.3 is 8.83 Å². The van der Waals surface area contributed by atoms with Crippen LogP contribution in [0.1, 0.15) is 0 Å². The van der Waals surface area contributed by atoms with E-state index in [9.17, 15) is 0 Å². The van der Waals surface area contributed by atoms with Crippen LogP contribution >= 0.6 is 0 Å². The Hall–Kier alpha value is -6.26. The minimum absolute atomic E-state index is 0.823. The summed E-state index contributed by atoms with van der Waals surface area (Å²) in [7, 11) is 0. The molecule has 0 spiro atoms. The van der Waals surface area contributed by atoms with Gasteiger partial charge in [0, 0.05) is 11.1 Å². The van der Waals surface area contributed by atoms with Crippen LogP contribution in [0.2, 0.25) is 0 Å². The first-order valence-corrected chi connectivity index (χ1v) is 15.3. The van der Waals surface area contributed by atoms with Crippen LogP contribution in [0.25, 0.3) is 88.2 Å². The summed E-state index contributed by atoms with van der Waals surface area (Å²) in [4.78, 5) is 8.69. The van der Waals surface area contributed by atoms with Crippen molar-refractivity contribution in [3.63, 3.8) is 0 Å². The van der Waals surface area contributed by atoms with Crippen molar-refractivity contribution in [3.8, 4) is 55.9 Å². The van der Waals surface area contributed by atoms with Crippen molar-refractivity contribution in [3.05, 3.63) is 159 Å². The zero-order valence-corrected chi connectivity index (χ0v) is 24.7. The number of oxazole rings is 2. The Bertz CT molecular complexity index is 2490. The second kappa shape index (κ2) is 10.7. The Morgan fingerprint density at radius 3 is 1.43 bits per heavy atom. The van der Waals surface area contributed by atoms with Crippen LogP contribution < -0.4 is 0 Å². The first kappa shape index (κ1) is 26.2. The molecule has 0 saturated carbocycles. The number of hydrogen-bond acceptors (Lipinski definition) is 4. The second-order valence-corrected chi connectivity index (χ2v) is 11.5. The first-order chi connectivity index (χ1) is 22.8. The summed E-state index contributed by atoms with van der Waals surface area (Å²) in [5, 5.41) is 7.29. The average molecular weight is 591 g/mol. The van der Waals surface area contributed by atoms with Crippen LogP contribution in [0.5, 0.6) is 0 Å². The summed E-state index contributed by atoms with van der Waals surface area (Å²) in [5.74, 6) is 0. The SMILES string of the molecule is c1ccc2c(-c3ccc4c(-c5ccc(-c6cocn6)cc5)c5ccccc5c(-c5ccc(-c6cocn6)cc5)c4c3)cccc2c1. The first-order valence-electron chi connectivity index (χ1n) is 15.3. The molecule has 216 valence electrons. The molecule has 0 amide bonds. The molecule has 46 heavy (non-hydrogen) atoms. The van der Waals surface area contributed by atoms with Crippen molar-refractivity contribution < 1.29 is 8.83 Å². The number of fused-ring (bicyclic) bond motifs is 3. The van der Waals surface area contributed by atoms with E-state index in [-0.39, 0.29) is 0 Å². The maximum absolute atomic E-state index is 5.25. The van der Waals surface area contributed by atoms with Gasteiger partial charge in [0.25, 0.3) is 0 Å². The Balaban J connectivity index is 1.33. The third-order valence-corrected chi connectivity index (χ3v) is 8.93. The van der Waals surface area contributed by atoms with Gasteiger partial charge in [0.05, 0.1) is 0 Å². The van der Waals surface area contributed by atoms with E-state index in [2.05, 4.69) is 143 Å². The molecular weight excluding hydrogens is 564 g/mol. The maximum Gasteiger partial charge on any atom is 0.181 e. The molecule has 0 N–H and O–H groups in total. The molecule has 9 aromatic rings. The second-order valence-electron chi connectivity index (χ2n) is 11.5. The molecule has 4 heteroatoms. The van der Waals surface area contributed by atoms with Gasteiger partial charge in [0.15, 0.2) is 12.8 Å². The van der Waals surface area contributed by atoms with E-state index in [0.717, 1.165) is 33.6 Å². The highest BCUT2D eigenvalue weighted by molar-refractivity contribution is 6.22. The maximum atomic E-state index is 5.25. The average Bonchev–Trinajstić information content (AvgIpc) is 3.87. The number of benzene rings is 7. The highest BCUT2D eigenvalue weighted by atomic mass is 16.3. The van der Waals surface area contributed by atoms with Gasteiger partial charge in [-0.05, 0) is 71.8 Å². The number of rotatable bonds is 5. The summed E-state index contributed by atoms with van der Waals surface area (Å²) in [5.41, 5.74) is 10.8. The minimum Gasteiger partial charge on any atom is -0.451 e. The Labute approximate surface area is 265 Å². The van der Waals surface area contributed by atoms with Crippen molar-refractivity contribution >= 4 is 32.3 Å². The summed E-state index contributed by atoms with van der Waals surface area (Å²) in [6, 6.07) is 48.1. The Morgan fingerprint density at radius 2 is 0.848 bits per heavy atom. The number of aromatic nitrogens is 2. The molecule has 0 fully saturated rings. The van der Waals surface area contributed by atoms with Crippen LogP contribution in [0, 0.1) is 0 Å². The molecule has 0 radical (unpaired) electrons. The molecule has 2 heterocycles. The van der Waals surface area contributed by atoms with Crippen LogP contribution in [-0.4, -0.2) is 9.97 Å². The number of nitrogens with zero attached hydrogens (tertiary/aromatic N) is 2. The molecule has 9 rings (SSSR count). The lowest BCUT2D eigenvalue weighted by atomic mass is 9.84. The largest absolute Gasteiger partial charge is 0.451 e. The summed E-state index contributed by atoms with van der Waals surface area (Å²) >= 11 is 0. The van der Waals surface area contributed by atoms with Crippen LogP contribution in [0.4, 0.5) is 0 Å². The standard InChI is InChI=1S/C42H26N2O2/c1-2-8-33-27(6-1)7-5-11-34(33)32-20-21-37-38(22-32)42(31-18-14-29(15-19-31)40-24-46-26-44-40)36-10-4-3-9-35(36)41(37)30-16-12-28(13-17-30)39-23-45-25-43-39/h1-26H. The van der Waals surface area contributed by atoms with Crippen molar-refractivity contribution in [2.75, 3.05) is 0 Å². The molecule has 0 unspecified atom stereocenters. The normalized spacial score (nSPS) is 11.5. The summed E-state index contributed by atoms with van der Waals surface area (Å²) < 4.78 is 10.5. The summed E-state index contributed by atoms with van der Waals surface area (Å²) in [6.45, 7) is 0. The Morgan fingerprint density at radius 1 is 0.370 bits per heavy atom. The number of hydrogen-bond donors (Lipinski definition) is 0. The van der Waals surface area contributed by atoms with E-state index in [1.54, 1.807) is 12.5 Å². The van der Waals surface area contributed by atoms with E-state index in [4.69, 9.17) is 8.83 Å². The van der Waals surface area contributed by atoms with Gasteiger partial charge in [-0.25, -0.2) is 9.97 Å². The Kier molecular flexibility index (Phi) is 6.10. The van der Waals surface area contributed by atoms with E-state index >= 15 is 0 Å². The fourth-order valence-electron chi connectivity index (χ4n) is 6.77. The van der Waals surface area contributed by atoms with E-state index in [1.807, 2.05) is 0 Å².